The molecule has 0 bridgehead atoms. The number of fused-ring (bicyclic) bond motifs is 1. The number of alkyl halides is 3. The molecule has 1 unspecified atom stereocenters. The zero-order valence-electron chi connectivity index (χ0n) is 17.0. The molecule has 0 aliphatic carbocycles. The van der Waals surface area contributed by atoms with Crippen LogP contribution in [0.1, 0.15) is 50.6 Å². The van der Waals surface area contributed by atoms with Gasteiger partial charge in [0.25, 0.3) is 11.8 Å². The molecule has 9 nitrogen and oxygen atoms in total. The lowest BCUT2D eigenvalue weighted by Crippen LogP contribution is -2.27. The molecule has 4 heterocycles. The third kappa shape index (κ3) is 4.15. The number of carbonyl (C=O) groups is 2. The fourth-order valence-electron chi connectivity index (χ4n) is 3.43. The summed E-state index contributed by atoms with van der Waals surface area (Å²) in [5, 5.41) is 2.62. The lowest BCUT2D eigenvalue weighted by Gasteiger charge is -2.23. The van der Waals surface area contributed by atoms with Crippen molar-refractivity contribution >= 4 is 17.6 Å². The van der Waals surface area contributed by atoms with Crippen molar-refractivity contribution in [1.29, 1.82) is 0 Å². The molecule has 2 amide bonds. The molecular weight excluding hydrogens is 431 g/mol. The normalized spacial score (nSPS) is 14.4. The van der Waals surface area contributed by atoms with E-state index in [1.807, 2.05) is 0 Å². The quantitative estimate of drug-likeness (QED) is 0.594. The zero-order chi connectivity index (χ0) is 23.0. The van der Waals surface area contributed by atoms with E-state index in [2.05, 4.69) is 20.3 Å². The Morgan fingerprint density at radius 2 is 2.19 bits per heavy atom. The predicted molar refractivity (Wildman–Crippen MR) is 104 cm³/mol. The van der Waals surface area contributed by atoms with Gasteiger partial charge in [0.15, 0.2) is 24.6 Å². The number of anilines is 1. The van der Waals surface area contributed by atoms with E-state index < -0.39 is 24.7 Å². The average molecular weight is 449 g/mol. The Morgan fingerprint density at radius 1 is 1.41 bits per heavy atom. The van der Waals surface area contributed by atoms with Crippen LogP contribution < -0.4 is 10.1 Å². The van der Waals surface area contributed by atoms with Gasteiger partial charge in [-0.2, -0.15) is 13.2 Å². The van der Waals surface area contributed by atoms with E-state index in [1.165, 1.54) is 17.4 Å². The van der Waals surface area contributed by atoms with Gasteiger partial charge in [-0.3, -0.25) is 9.59 Å². The van der Waals surface area contributed by atoms with Crippen molar-refractivity contribution in [2.24, 2.45) is 0 Å². The molecular formula is C20H18F3N5O4. The number of amides is 2. The maximum absolute atomic E-state index is 13.0. The Kier molecular flexibility index (Phi) is 5.36. The van der Waals surface area contributed by atoms with Crippen LogP contribution >= 0.6 is 0 Å². The number of aromatic nitrogens is 3. The van der Waals surface area contributed by atoms with Gasteiger partial charge in [-0.1, -0.05) is 0 Å². The molecule has 3 aromatic rings. The van der Waals surface area contributed by atoms with Gasteiger partial charge in [-0.05, 0) is 26.0 Å². The highest BCUT2D eigenvalue weighted by Crippen LogP contribution is 2.35. The van der Waals surface area contributed by atoms with Crippen LogP contribution in [0.5, 0.6) is 5.88 Å². The van der Waals surface area contributed by atoms with Crippen LogP contribution in [0, 0.1) is 6.92 Å². The summed E-state index contributed by atoms with van der Waals surface area (Å²) < 4.78 is 47.0. The van der Waals surface area contributed by atoms with Gasteiger partial charge < -0.3 is 24.4 Å². The Hall–Kier alpha value is -3.83. The van der Waals surface area contributed by atoms with Crippen LogP contribution in [0.2, 0.25) is 0 Å². The van der Waals surface area contributed by atoms with Crippen molar-refractivity contribution in [1.82, 2.24) is 19.9 Å². The average Bonchev–Trinajstić information content (AvgIpc) is 3.46. The molecule has 0 aromatic carbocycles. The number of ether oxygens (including phenoxy) is 1. The van der Waals surface area contributed by atoms with Gasteiger partial charge in [0.1, 0.15) is 12.1 Å². The number of aryl methyl sites for hydroxylation is 1. The maximum atomic E-state index is 13.0. The Labute approximate surface area is 179 Å². The van der Waals surface area contributed by atoms with E-state index in [0.29, 0.717) is 22.4 Å². The van der Waals surface area contributed by atoms with Crippen molar-refractivity contribution < 1.29 is 31.9 Å². The number of halogens is 3. The standard InChI is InChI=1S/C20H18F3N5O4/c1-10-5-14(26-18(10)32-8-20(21,22)23)11(2)28-6-13-12(19(28)30)3-4-24-16(13)27-17(29)15-7-31-9-25-15/h3-5,7,9,11,26H,6,8H2,1-2H3,(H,24,27,29). The second-order valence-electron chi connectivity index (χ2n) is 7.26. The number of nitrogens with zero attached hydrogens (tertiary/aromatic N) is 3. The van der Waals surface area contributed by atoms with Gasteiger partial charge in [-0.25, -0.2) is 9.97 Å². The third-order valence-corrected chi connectivity index (χ3v) is 5.06. The maximum Gasteiger partial charge on any atom is 0.422 e. The lowest BCUT2D eigenvalue weighted by molar-refractivity contribution is -0.154. The molecule has 0 saturated carbocycles. The molecule has 0 fully saturated rings. The zero-order valence-corrected chi connectivity index (χ0v) is 17.0. The monoisotopic (exact) mass is 449 g/mol. The lowest BCUT2D eigenvalue weighted by atomic mass is 10.1. The molecule has 0 saturated heterocycles. The van der Waals surface area contributed by atoms with Gasteiger partial charge in [0.05, 0.1) is 12.6 Å². The van der Waals surface area contributed by atoms with Crippen molar-refractivity contribution in [3.05, 3.63) is 59.1 Å². The topological polar surface area (TPSA) is 113 Å². The van der Waals surface area contributed by atoms with Crippen LogP contribution in [0.4, 0.5) is 19.0 Å². The van der Waals surface area contributed by atoms with Crippen LogP contribution in [0.3, 0.4) is 0 Å². The van der Waals surface area contributed by atoms with E-state index in [1.54, 1.807) is 26.0 Å². The van der Waals surface area contributed by atoms with Crippen molar-refractivity contribution in [3.63, 3.8) is 0 Å². The molecule has 1 atom stereocenters. The molecule has 12 heteroatoms. The fraction of sp³-hybridized carbons (Fsp3) is 0.300. The third-order valence-electron chi connectivity index (χ3n) is 5.06. The van der Waals surface area contributed by atoms with Crippen molar-refractivity contribution in [2.75, 3.05) is 11.9 Å². The second kappa shape index (κ2) is 8.02. The summed E-state index contributed by atoms with van der Waals surface area (Å²) in [4.78, 5) is 37.6. The van der Waals surface area contributed by atoms with Crippen molar-refractivity contribution in [2.45, 2.75) is 32.6 Å². The number of hydrogen-bond donors (Lipinski definition) is 2. The summed E-state index contributed by atoms with van der Waals surface area (Å²) in [5.74, 6) is -0.618. The molecule has 0 spiro atoms. The number of H-pyrrole nitrogens is 1. The first-order valence-corrected chi connectivity index (χ1v) is 9.51. The second-order valence-corrected chi connectivity index (χ2v) is 7.26. The fourth-order valence-corrected chi connectivity index (χ4v) is 3.43. The largest absolute Gasteiger partial charge is 0.469 e. The van der Waals surface area contributed by atoms with E-state index >= 15 is 0 Å². The highest BCUT2D eigenvalue weighted by molar-refractivity contribution is 6.05. The van der Waals surface area contributed by atoms with Crippen LogP contribution in [0.15, 0.2) is 35.4 Å². The van der Waals surface area contributed by atoms with E-state index in [0.717, 1.165) is 6.39 Å². The molecule has 0 radical (unpaired) electrons. The van der Waals surface area contributed by atoms with Gasteiger partial charge in [0, 0.05) is 28.6 Å². The minimum Gasteiger partial charge on any atom is -0.469 e. The minimum absolute atomic E-state index is 0.00411. The van der Waals surface area contributed by atoms with E-state index in [9.17, 15) is 22.8 Å². The first kappa shape index (κ1) is 21.4. The number of oxazole rings is 1. The Bertz CT molecular complexity index is 1160. The molecule has 4 rings (SSSR count). The summed E-state index contributed by atoms with van der Waals surface area (Å²) in [6.45, 7) is 2.08. The van der Waals surface area contributed by atoms with E-state index in [-0.39, 0.29) is 29.8 Å². The molecule has 1 aliphatic rings. The summed E-state index contributed by atoms with van der Waals surface area (Å²) in [7, 11) is 0. The number of pyridine rings is 1. The number of nitrogens with one attached hydrogen (secondary N) is 2. The number of carbonyl (C=O) groups excluding carboxylic acids is 2. The minimum atomic E-state index is -4.46. The Balaban J connectivity index is 1.53. The SMILES string of the molecule is Cc1cc(C(C)N2Cc3c(ccnc3NC(=O)c3cocn3)C2=O)[nH]c1OCC(F)(F)F. The smallest absolute Gasteiger partial charge is 0.422 e. The van der Waals surface area contributed by atoms with Gasteiger partial charge in [0.2, 0.25) is 0 Å². The summed E-state index contributed by atoms with van der Waals surface area (Å²) in [6.07, 6.45) is -0.749. The predicted octanol–water partition coefficient (Wildman–Crippen LogP) is 3.62. The van der Waals surface area contributed by atoms with Crippen molar-refractivity contribution in [3.8, 4) is 5.88 Å². The number of hydrogen-bond acceptors (Lipinski definition) is 6. The van der Waals surface area contributed by atoms with Gasteiger partial charge in [-0.15, -0.1) is 0 Å². The van der Waals surface area contributed by atoms with Crippen LogP contribution in [0.25, 0.3) is 0 Å². The van der Waals surface area contributed by atoms with Gasteiger partial charge >= 0.3 is 6.18 Å². The number of aromatic amines is 1. The molecule has 3 aromatic heterocycles. The summed E-state index contributed by atoms with van der Waals surface area (Å²) >= 11 is 0. The van der Waals surface area contributed by atoms with Crippen LogP contribution in [-0.2, 0) is 6.54 Å². The molecule has 2 N–H and O–H groups in total. The highest BCUT2D eigenvalue weighted by Gasteiger charge is 2.35. The number of rotatable bonds is 6. The van der Waals surface area contributed by atoms with E-state index in [4.69, 9.17) is 9.15 Å². The summed E-state index contributed by atoms with van der Waals surface area (Å²) in [5.41, 5.74) is 1.97. The highest BCUT2D eigenvalue weighted by atomic mass is 19.4. The van der Waals surface area contributed by atoms with Crippen LogP contribution in [-0.4, -0.2) is 44.4 Å². The molecule has 168 valence electrons. The first-order chi connectivity index (χ1) is 15.1. The molecule has 32 heavy (non-hydrogen) atoms. The Morgan fingerprint density at radius 3 is 2.88 bits per heavy atom. The first-order valence-electron chi connectivity index (χ1n) is 9.51. The molecule has 1 aliphatic heterocycles. The summed E-state index contributed by atoms with van der Waals surface area (Å²) in [6, 6.07) is 2.68.